The maximum Gasteiger partial charge on any atom is 0.215 e. The van der Waals surface area contributed by atoms with E-state index in [0.717, 1.165) is 19.1 Å². The van der Waals surface area contributed by atoms with Gasteiger partial charge in [-0.3, -0.25) is 0 Å². The average molecular weight is 302 g/mol. The number of aromatic amines is 1. The van der Waals surface area contributed by atoms with Crippen molar-refractivity contribution < 1.29 is 18.1 Å². The largest absolute Gasteiger partial charge is 0.361 e. The molecule has 1 aromatic carbocycles. The number of aromatic nitrogens is 1. The lowest BCUT2D eigenvalue weighted by Crippen LogP contribution is -2.20. The first-order valence-electron chi connectivity index (χ1n) is 9.36. The number of benzene rings is 1. The van der Waals surface area contributed by atoms with Gasteiger partial charge in [-0.05, 0) is 50.8 Å². The van der Waals surface area contributed by atoms with Crippen LogP contribution in [0.4, 0.5) is 0 Å². The van der Waals surface area contributed by atoms with E-state index in [4.69, 9.17) is 9.68 Å². The molecule has 0 saturated heterocycles. The fourth-order valence-electron chi connectivity index (χ4n) is 1.88. The van der Waals surface area contributed by atoms with Crippen molar-refractivity contribution in [2.45, 2.75) is 12.2 Å². The highest BCUT2D eigenvalue weighted by Gasteiger charge is 2.11. The SMILES string of the molecule is [2H]N(C)S(=O)(=O)Cc1ccc2c(c1)c(CC([2H])([2H])N(C)C([2H])([2H])[2H])cn2[2H]. The molecule has 0 fully saturated rings. The molecule has 1 heterocycles. The number of fused-ring (bicyclic) bond motifs is 1. The fraction of sp³-hybridized carbons (Fsp3) is 0.429. The van der Waals surface area contributed by atoms with Crippen molar-refractivity contribution in [3.05, 3.63) is 35.5 Å². The van der Waals surface area contributed by atoms with Crippen LogP contribution in [0, 0.1) is 0 Å². The van der Waals surface area contributed by atoms with Crippen LogP contribution >= 0.6 is 0 Å². The van der Waals surface area contributed by atoms with Crippen molar-refractivity contribution in [1.29, 1.82) is 0 Å². The standard InChI is InChI=1S/C14H21N3O2S/c1-15-20(18,19)10-11-4-5-14-13(8-11)12(9-16-14)6-7-17(2)3/h4-5,8-9,15-16H,6-7,10H2,1-3H3/i2D3,7D2/hD2. The van der Waals surface area contributed by atoms with Crippen molar-refractivity contribution in [3.63, 3.8) is 0 Å². The Hall–Kier alpha value is -1.37. The summed E-state index contributed by atoms with van der Waals surface area (Å²) >= 11 is 0. The van der Waals surface area contributed by atoms with Gasteiger partial charge in [0.2, 0.25) is 10.0 Å². The van der Waals surface area contributed by atoms with Crippen LogP contribution in [-0.4, -0.2) is 45.9 Å². The van der Waals surface area contributed by atoms with Gasteiger partial charge >= 0.3 is 0 Å². The summed E-state index contributed by atoms with van der Waals surface area (Å²) in [7, 11) is -1.53. The molecule has 0 aliphatic carbocycles. The van der Waals surface area contributed by atoms with E-state index in [0.29, 0.717) is 31.6 Å². The molecule has 20 heavy (non-hydrogen) atoms. The molecule has 0 saturated carbocycles. The third-order valence-corrected chi connectivity index (χ3v) is 4.15. The molecule has 0 unspecified atom stereocenters. The Balaban J connectivity index is 2.45. The predicted octanol–water partition coefficient (Wildman–Crippen LogP) is 1.32. The van der Waals surface area contributed by atoms with Gasteiger partial charge in [-0.15, -0.1) is 0 Å². The molecule has 0 amide bonds. The van der Waals surface area contributed by atoms with E-state index in [1.807, 2.05) is 0 Å². The Bertz CT molecular complexity index is 938. The molecule has 0 aliphatic heterocycles. The minimum absolute atomic E-state index is 0.293. The van der Waals surface area contributed by atoms with Crippen LogP contribution in [0.5, 0.6) is 0 Å². The minimum atomic E-state index is -3.80. The van der Waals surface area contributed by atoms with Gasteiger partial charge in [-0.2, -0.15) is 0 Å². The normalized spacial score (nSPS) is 19.1. The number of hydrogen-bond donors (Lipinski definition) is 2. The number of nitrogens with one attached hydrogen (secondary N) is 2. The maximum absolute atomic E-state index is 11.9. The summed E-state index contributed by atoms with van der Waals surface area (Å²) in [6, 6.07) is 4.60. The molecule has 110 valence electrons. The summed E-state index contributed by atoms with van der Waals surface area (Å²) < 4.78 is 77.8. The topological polar surface area (TPSA) is 65.2 Å². The Morgan fingerprint density at radius 3 is 3.10 bits per heavy atom. The minimum Gasteiger partial charge on any atom is -0.361 e. The number of sulfonamides is 1. The highest BCUT2D eigenvalue weighted by molar-refractivity contribution is 7.88. The maximum atomic E-state index is 11.9. The highest BCUT2D eigenvalue weighted by atomic mass is 32.2. The van der Waals surface area contributed by atoms with Crippen molar-refractivity contribution in [2.75, 3.05) is 27.6 Å². The van der Waals surface area contributed by atoms with Gasteiger partial charge in [-0.1, -0.05) is 6.07 Å². The summed E-state index contributed by atoms with van der Waals surface area (Å²) in [6.07, 6.45) is 1.09. The molecule has 0 atom stereocenters. The average Bonchev–Trinajstić information content (AvgIpc) is 2.80. The van der Waals surface area contributed by atoms with Gasteiger partial charge in [0.15, 0.2) is 1.41 Å². The second kappa shape index (κ2) is 5.95. The Morgan fingerprint density at radius 1 is 1.60 bits per heavy atom. The molecular weight excluding hydrogens is 274 g/mol. The van der Waals surface area contributed by atoms with Crippen LogP contribution in [0.2, 0.25) is 2.82 Å². The van der Waals surface area contributed by atoms with Gasteiger partial charge in [0.05, 0.1) is 5.75 Å². The number of nitrogens with zero attached hydrogens (tertiary/aromatic N) is 1. The van der Waals surface area contributed by atoms with E-state index < -0.39 is 29.2 Å². The van der Waals surface area contributed by atoms with Crippen molar-refractivity contribution in [3.8, 4) is 0 Å². The van der Waals surface area contributed by atoms with Gasteiger partial charge in [-0.25, -0.2) is 13.1 Å². The molecule has 0 bridgehead atoms. The lowest BCUT2D eigenvalue weighted by molar-refractivity contribution is 0.414. The quantitative estimate of drug-likeness (QED) is 0.846. The van der Waals surface area contributed by atoms with Crippen molar-refractivity contribution in [2.24, 2.45) is 0 Å². The predicted molar refractivity (Wildman–Crippen MR) is 82.2 cm³/mol. The molecule has 0 radical (unpaired) electrons. The van der Waals surface area contributed by atoms with E-state index in [-0.39, 0.29) is 6.42 Å². The number of aryl methyl sites for hydroxylation is 1. The number of H-pyrrole nitrogens is 1. The summed E-state index contributed by atoms with van der Waals surface area (Å²) in [5.41, 5.74) is 1.22. The van der Waals surface area contributed by atoms with Crippen LogP contribution in [0.1, 0.15) is 18.0 Å². The summed E-state index contributed by atoms with van der Waals surface area (Å²) in [4.78, 5) is 1.68. The Labute approximate surface area is 130 Å². The molecular formula is C14H21N3O2S. The van der Waals surface area contributed by atoms with E-state index in [1.54, 1.807) is 6.07 Å². The molecule has 1 aromatic heterocycles. The van der Waals surface area contributed by atoms with Crippen molar-refractivity contribution >= 4 is 20.9 Å². The fourth-order valence-corrected chi connectivity index (χ4v) is 2.61. The summed E-state index contributed by atoms with van der Waals surface area (Å²) in [6.45, 7) is -4.83. The highest BCUT2D eigenvalue weighted by Crippen LogP contribution is 2.21. The van der Waals surface area contributed by atoms with Gasteiger partial charge in [0.1, 0.15) is 1.41 Å². The smallest absolute Gasteiger partial charge is 0.215 e. The van der Waals surface area contributed by atoms with Crippen LogP contribution in [0.15, 0.2) is 24.4 Å². The Morgan fingerprint density at radius 2 is 2.40 bits per heavy atom. The van der Waals surface area contributed by atoms with Crippen LogP contribution < -0.4 is 4.72 Å². The first kappa shape index (κ1) is 8.17. The van der Waals surface area contributed by atoms with E-state index >= 15 is 0 Å². The first-order valence-corrected chi connectivity index (χ1v) is 7.57. The van der Waals surface area contributed by atoms with Gasteiger partial charge in [0, 0.05) is 30.5 Å². The second-order valence-electron chi connectivity index (χ2n) is 4.44. The first-order chi connectivity index (χ1) is 12.1. The molecule has 2 rings (SSSR count). The van der Waals surface area contributed by atoms with Crippen LogP contribution in [-0.2, 0) is 22.2 Å². The summed E-state index contributed by atoms with van der Waals surface area (Å²) in [5.74, 6) is -0.409. The zero-order valence-electron chi connectivity index (χ0n) is 18.3. The summed E-state index contributed by atoms with van der Waals surface area (Å²) in [5, 5.41) is 0.466. The monoisotopic (exact) mass is 302 g/mol. The lowest BCUT2D eigenvalue weighted by Gasteiger charge is -2.08. The van der Waals surface area contributed by atoms with Crippen molar-refractivity contribution in [1.82, 2.24) is 14.6 Å². The van der Waals surface area contributed by atoms with Gasteiger partial charge < -0.3 is 9.88 Å². The number of hydrogen-bond acceptors (Lipinski definition) is 3. The second-order valence-corrected chi connectivity index (χ2v) is 6.26. The van der Waals surface area contributed by atoms with E-state index in [2.05, 4.69) is 0 Å². The molecule has 2 aromatic rings. The Kier molecular flexibility index (Phi) is 2.43. The molecule has 0 aliphatic rings. The zero-order valence-corrected chi connectivity index (χ0v) is 12.1. The third-order valence-electron chi connectivity index (χ3n) is 2.90. The van der Waals surface area contributed by atoms with E-state index in [9.17, 15) is 8.42 Å². The molecule has 5 nitrogen and oxygen atoms in total. The molecule has 6 heteroatoms. The molecule has 2 N–H and O–H groups in total. The number of rotatable bonds is 6. The third kappa shape index (κ3) is 3.59. The van der Waals surface area contributed by atoms with Crippen LogP contribution in [0.25, 0.3) is 10.9 Å². The zero-order chi connectivity index (χ0) is 20.8. The molecule has 0 spiro atoms. The van der Waals surface area contributed by atoms with E-state index in [1.165, 1.54) is 18.3 Å². The number of likely N-dealkylation sites (N-methyl/N-ethyl adjacent to an activating group) is 1. The van der Waals surface area contributed by atoms with Gasteiger partial charge in [0.25, 0.3) is 0 Å². The lowest BCUT2D eigenvalue weighted by atomic mass is 10.1. The van der Waals surface area contributed by atoms with Crippen LogP contribution in [0.3, 0.4) is 0 Å².